The van der Waals surface area contributed by atoms with Crippen LogP contribution >= 0.6 is 23.5 Å². The molecule has 10 heteroatoms. The molecule has 0 saturated carbocycles. The highest BCUT2D eigenvalue weighted by Gasteiger charge is 2.36. The van der Waals surface area contributed by atoms with Crippen molar-refractivity contribution in [1.82, 2.24) is 9.55 Å². The molecule has 1 aromatic rings. The van der Waals surface area contributed by atoms with Crippen LogP contribution in [-0.4, -0.2) is 49.7 Å². The van der Waals surface area contributed by atoms with Gasteiger partial charge in [0.05, 0.1) is 18.9 Å². The number of nitrogens with zero attached hydrogens (tertiary/aromatic N) is 1. The molecule has 0 bridgehead atoms. The molecule has 1 aromatic heterocycles. The van der Waals surface area contributed by atoms with Gasteiger partial charge in [0, 0.05) is 6.42 Å². The minimum Gasteiger partial charge on any atom is -0.390 e. The quantitative estimate of drug-likeness (QED) is 0.803. The van der Waals surface area contributed by atoms with Gasteiger partial charge in [-0.15, -0.1) is 23.5 Å². The summed E-state index contributed by atoms with van der Waals surface area (Å²) in [5, 5.41) is 10.1. The molecule has 2 saturated heterocycles. The standard InChI is InChI=1S/C13H17FN2O5S2/c14-7-5-16(12(19)15-11(7)18)10-4-8(17)9(21-10)6-20-13-22-2-1-3-23-13/h5,8-10,13,17H,1-4,6H2,(H,15,18,19)/t8-,9+,10+/m0/s1. The van der Waals surface area contributed by atoms with E-state index in [-0.39, 0.29) is 17.8 Å². The molecule has 0 aromatic carbocycles. The number of thioether (sulfide) groups is 2. The van der Waals surface area contributed by atoms with Crippen molar-refractivity contribution < 1.29 is 19.0 Å². The molecular formula is C13H17FN2O5S2. The van der Waals surface area contributed by atoms with Crippen LogP contribution in [0.2, 0.25) is 0 Å². The second kappa shape index (κ2) is 7.39. The minimum atomic E-state index is -1.07. The number of rotatable bonds is 4. The lowest BCUT2D eigenvalue weighted by molar-refractivity contribution is -0.0599. The van der Waals surface area contributed by atoms with Crippen LogP contribution in [0.3, 0.4) is 0 Å². The third kappa shape index (κ3) is 4.00. The van der Waals surface area contributed by atoms with Crippen LogP contribution in [-0.2, 0) is 9.47 Å². The third-order valence-corrected chi connectivity index (χ3v) is 6.31. The first-order valence-corrected chi connectivity index (χ1v) is 9.33. The van der Waals surface area contributed by atoms with Gasteiger partial charge in [-0.2, -0.15) is 4.39 Å². The molecule has 0 amide bonds. The van der Waals surface area contributed by atoms with Crippen molar-refractivity contribution in [2.75, 3.05) is 18.1 Å². The molecule has 3 atom stereocenters. The van der Waals surface area contributed by atoms with Crippen LogP contribution < -0.4 is 11.2 Å². The highest BCUT2D eigenvalue weighted by atomic mass is 32.2. The molecule has 2 N–H and O–H groups in total. The fourth-order valence-electron chi connectivity index (χ4n) is 2.45. The fraction of sp³-hybridized carbons (Fsp3) is 0.692. The Bertz CT molecular complexity index is 661. The van der Waals surface area contributed by atoms with Gasteiger partial charge >= 0.3 is 5.69 Å². The summed E-state index contributed by atoms with van der Waals surface area (Å²) in [7, 11) is 0. The van der Waals surface area contributed by atoms with E-state index in [4.69, 9.17) is 9.47 Å². The van der Waals surface area contributed by atoms with Gasteiger partial charge in [-0.25, -0.2) is 4.79 Å². The zero-order valence-electron chi connectivity index (χ0n) is 12.1. The summed E-state index contributed by atoms with van der Waals surface area (Å²) >= 11 is 3.42. The first-order chi connectivity index (χ1) is 11.0. The van der Waals surface area contributed by atoms with Gasteiger partial charge < -0.3 is 14.6 Å². The predicted molar refractivity (Wildman–Crippen MR) is 85.1 cm³/mol. The molecule has 3 rings (SSSR count). The van der Waals surface area contributed by atoms with Gasteiger partial charge in [0.1, 0.15) is 17.1 Å². The second-order valence-corrected chi connectivity index (χ2v) is 7.93. The van der Waals surface area contributed by atoms with Gasteiger partial charge in [0.2, 0.25) is 5.82 Å². The molecule has 2 aliphatic heterocycles. The van der Waals surface area contributed by atoms with Crippen molar-refractivity contribution in [1.29, 1.82) is 0 Å². The largest absolute Gasteiger partial charge is 0.390 e. The summed E-state index contributed by atoms with van der Waals surface area (Å²) in [6, 6.07) is 0. The van der Waals surface area contributed by atoms with Gasteiger partial charge in [-0.3, -0.25) is 14.3 Å². The third-order valence-electron chi connectivity index (χ3n) is 3.63. The number of ether oxygens (including phenoxy) is 2. The predicted octanol–water partition coefficient (Wildman–Crippen LogP) is 0.494. The maximum absolute atomic E-state index is 13.3. The topological polar surface area (TPSA) is 93.6 Å². The van der Waals surface area contributed by atoms with Crippen molar-refractivity contribution in [3.05, 3.63) is 32.9 Å². The molecule has 0 radical (unpaired) electrons. The van der Waals surface area contributed by atoms with Crippen molar-refractivity contribution in [3.63, 3.8) is 0 Å². The average Bonchev–Trinajstić information content (AvgIpc) is 2.91. The van der Waals surface area contributed by atoms with E-state index in [0.717, 1.165) is 28.7 Å². The fourth-order valence-corrected chi connectivity index (χ4v) is 4.95. The van der Waals surface area contributed by atoms with Gasteiger partial charge in [-0.1, -0.05) is 0 Å². The Kier molecular flexibility index (Phi) is 5.47. The molecule has 128 valence electrons. The summed E-state index contributed by atoms with van der Waals surface area (Å²) in [6.45, 7) is 0.197. The lowest BCUT2D eigenvalue weighted by atomic mass is 10.2. The van der Waals surface area contributed by atoms with Crippen molar-refractivity contribution >= 4 is 23.5 Å². The van der Waals surface area contributed by atoms with E-state index in [1.54, 1.807) is 23.5 Å². The summed E-state index contributed by atoms with van der Waals surface area (Å²) in [5.41, 5.74) is -1.84. The molecule has 2 aliphatic rings. The van der Waals surface area contributed by atoms with Gasteiger partial charge in [0.15, 0.2) is 0 Å². The lowest BCUT2D eigenvalue weighted by Gasteiger charge is -2.23. The number of aromatic amines is 1. The number of nitrogens with one attached hydrogen (secondary N) is 1. The number of hydrogen-bond acceptors (Lipinski definition) is 7. The van der Waals surface area contributed by atoms with E-state index in [1.807, 2.05) is 4.98 Å². The first-order valence-electron chi connectivity index (χ1n) is 7.24. The zero-order chi connectivity index (χ0) is 16.4. The Morgan fingerprint density at radius 3 is 2.91 bits per heavy atom. The van der Waals surface area contributed by atoms with Gasteiger partial charge in [0.25, 0.3) is 5.56 Å². The van der Waals surface area contributed by atoms with Crippen molar-refractivity contribution in [2.45, 2.75) is 36.0 Å². The number of hydrogen-bond donors (Lipinski definition) is 2. The highest BCUT2D eigenvalue weighted by Crippen LogP contribution is 2.33. The van der Waals surface area contributed by atoms with E-state index < -0.39 is 35.5 Å². The van der Waals surface area contributed by atoms with Gasteiger partial charge in [-0.05, 0) is 17.9 Å². The number of aliphatic hydroxyl groups is 1. The maximum Gasteiger partial charge on any atom is 0.330 e. The number of H-pyrrole nitrogens is 1. The SMILES string of the molecule is O=c1[nH]c(=O)n([C@H]2C[C@H](O)[C@@H](COC3SCCCS3)O2)cc1F. The van der Waals surface area contributed by atoms with E-state index in [2.05, 4.69) is 0 Å². The Morgan fingerprint density at radius 1 is 1.43 bits per heavy atom. The summed E-state index contributed by atoms with van der Waals surface area (Å²) in [6.07, 6.45) is -0.158. The van der Waals surface area contributed by atoms with E-state index in [1.165, 1.54) is 0 Å². The average molecular weight is 364 g/mol. The smallest absolute Gasteiger partial charge is 0.330 e. The number of halogens is 1. The zero-order valence-corrected chi connectivity index (χ0v) is 13.8. The molecule has 0 spiro atoms. The molecule has 3 heterocycles. The number of aliphatic hydroxyl groups excluding tert-OH is 1. The summed E-state index contributed by atoms with van der Waals surface area (Å²) in [5.74, 6) is 1.01. The normalized spacial score (nSPS) is 29.0. The van der Waals surface area contributed by atoms with E-state index in [0.29, 0.717) is 0 Å². The molecular weight excluding hydrogens is 347 g/mol. The van der Waals surface area contributed by atoms with E-state index >= 15 is 0 Å². The maximum atomic E-state index is 13.3. The molecule has 0 unspecified atom stereocenters. The minimum absolute atomic E-state index is 0.0202. The second-order valence-electron chi connectivity index (χ2n) is 5.29. The molecule has 23 heavy (non-hydrogen) atoms. The van der Waals surface area contributed by atoms with Crippen LogP contribution in [0.25, 0.3) is 0 Å². The molecule has 0 aliphatic carbocycles. The Morgan fingerprint density at radius 2 is 2.17 bits per heavy atom. The Hall–Kier alpha value is -0.810. The van der Waals surface area contributed by atoms with E-state index in [9.17, 15) is 19.1 Å². The van der Waals surface area contributed by atoms with Crippen molar-refractivity contribution in [2.24, 2.45) is 0 Å². The van der Waals surface area contributed by atoms with Crippen LogP contribution in [0.4, 0.5) is 4.39 Å². The lowest BCUT2D eigenvalue weighted by Crippen LogP contribution is -2.34. The van der Waals surface area contributed by atoms with Crippen LogP contribution in [0.1, 0.15) is 19.1 Å². The first kappa shape index (κ1) is 17.0. The number of aromatic nitrogens is 2. The Labute approximate surface area is 139 Å². The molecule has 2 fully saturated rings. The Balaban J connectivity index is 1.63. The van der Waals surface area contributed by atoms with Crippen molar-refractivity contribution in [3.8, 4) is 0 Å². The summed E-state index contributed by atoms with van der Waals surface area (Å²) < 4.78 is 25.6. The summed E-state index contributed by atoms with van der Waals surface area (Å²) in [4.78, 5) is 24.7. The molecule has 7 nitrogen and oxygen atoms in total. The van der Waals surface area contributed by atoms with Crippen LogP contribution in [0.5, 0.6) is 0 Å². The monoisotopic (exact) mass is 364 g/mol. The van der Waals surface area contributed by atoms with Crippen LogP contribution in [0.15, 0.2) is 15.8 Å². The highest BCUT2D eigenvalue weighted by molar-refractivity contribution is 8.17. The van der Waals surface area contributed by atoms with Crippen LogP contribution in [0, 0.1) is 5.82 Å².